The summed E-state index contributed by atoms with van der Waals surface area (Å²) in [7, 11) is 0. The van der Waals surface area contributed by atoms with Crippen LogP contribution in [0.15, 0.2) is 30.3 Å². The highest BCUT2D eigenvalue weighted by atomic mass is 16.6. The van der Waals surface area contributed by atoms with Crippen molar-refractivity contribution in [3.63, 3.8) is 0 Å². The summed E-state index contributed by atoms with van der Waals surface area (Å²) in [5.74, 6) is 0.00376. The van der Waals surface area contributed by atoms with Crippen molar-refractivity contribution >= 4 is 12.0 Å². The molecule has 2 N–H and O–H groups in total. The van der Waals surface area contributed by atoms with Crippen LogP contribution in [0.1, 0.15) is 64.9 Å². The van der Waals surface area contributed by atoms with Gasteiger partial charge in [0.15, 0.2) is 0 Å². The van der Waals surface area contributed by atoms with E-state index in [2.05, 4.69) is 34.9 Å². The highest BCUT2D eigenvalue weighted by Crippen LogP contribution is 2.41. The van der Waals surface area contributed by atoms with E-state index in [0.717, 1.165) is 12.8 Å². The molecule has 2 aliphatic rings. The quantitative estimate of drug-likeness (QED) is 0.737. The van der Waals surface area contributed by atoms with Crippen LogP contribution < -0.4 is 10.6 Å². The van der Waals surface area contributed by atoms with Crippen molar-refractivity contribution in [2.75, 3.05) is 26.3 Å². The van der Waals surface area contributed by atoms with Gasteiger partial charge in [0.2, 0.25) is 5.91 Å². The van der Waals surface area contributed by atoms with Gasteiger partial charge < -0.3 is 20.1 Å². The number of amides is 2. The lowest BCUT2D eigenvalue weighted by Gasteiger charge is -2.38. The Hall–Kier alpha value is -2.08. The van der Waals surface area contributed by atoms with Crippen molar-refractivity contribution in [2.24, 2.45) is 5.41 Å². The summed E-state index contributed by atoms with van der Waals surface area (Å²) in [6, 6.07) is 10.5. The predicted molar refractivity (Wildman–Crippen MR) is 116 cm³/mol. The van der Waals surface area contributed by atoms with Gasteiger partial charge in [-0.2, -0.15) is 0 Å². The lowest BCUT2D eigenvalue weighted by molar-refractivity contribution is -0.136. The van der Waals surface area contributed by atoms with Gasteiger partial charge in [-0.25, -0.2) is 4.79 Å². The van der Waals surface area contributed by atoms with Crippen LogP contribution in [-0.2, 0) is 19.7 Å². The van der Waals surface area contributed by atoms with Crippen LogP contribution in [0.3, 0.4) is 0 Å². The zero-order chi connectivity index (χ0) is 21.7. The fraction of sp³-hybridized carbons (Fsp3) is 0.667. The first-order chi connectivity index (χ1) is 14.2. The van der Waals surface area contributed by atoms with Crippen LogP contribution in [-0.4, -0.2) is 43.9 Å². The molecule has 1 saturated carbocycles. The Morgan fingerprint density at radius 3 is 2.20 bits per heavy atom. The Morgan fingerprint density at radius 2 is 1.60 bits per heavy atom. The number of hydrogen-bond acceptors (Lipinski definition) is 4. The van der Waals surface area contributed by atoms with E-state index in [9.17, 15) is 9.59 Å². The number of carbonyl (C=O) groups is 2. The standard InChI is InChI=1S/C24H36N2O4/c1-22(2,3)30-21(28)26-18-24(13-15-29-16-14-24)20(27)25-17-23(11-7-8-12-23)19-9-5-4-6-10-19/h4-6,9-10H,7-8,11-18H2,1-3H3,(H,25,27)(H,26,28). The van der Waals surface area contributed by atoms with Gasteiger partial charge in [-0.05, 0) is 52.0 Å². The normalized spacial score (nSPS) is 20.4. The van der Waals surface area contributed by atoms with Crippen molar-refractivity contribution in [3.8, 4) is 0 Å². The van der Waals surface area contributed by atoms with Crippen molar-refractivity contribution in [1.82, 2.24) is 10.6 Å². The first kappa shape index (κ1) is 22.6. The van der Waals surface area contributed by atoms with E-state index in [1.807, 2.05) is 26.8 Å². The maximum atomic E-state index is 13.4. The van der Waals surface area contributed by atoms with Gasteiger partial charge in [0.05, 0.1) is 5.41 Å². The Labute approximate surface area is 180 Å². The zero-order valence-electron chi connectivity index (χ0n) is 18.6. The zero-order valence-corrected chi connectivity index (χ0v) is 18.6. The summed E-state index contributed by atoms with van der Waals surface area (Å²) in [6.07, 6.45) is 5.23. The third-order valence-electron chi connectivity index (χ3n) is 6.44. The first-order valence-corrected chi connectivity index (χ1v) is 11.1. The molecule has 1 aromatic rings. The molecule has 6 nitrogen and oxygen atoms in total. The molecule has 2 amide bonds. The lowest BCUT2D eigenvalue weighted by Crippen LogP contribution is -2.53. The highest BCUT2D eigenvalue weighted by molar-refractivity contribution is 5.84. The molecule has 1 saturated heterocycles. The van der Waals surface area contributed by atoms with Gasteiger partial charge in [0, 0.05) is 31.7 Å². The molecule has 0 bridgehead atoms. The van der Waals surface area contributed by atoms with E-state index >= 15 is 0 Å². The van der Waals surface area contributed by atoms with Crippen molar-refractivity contribution in [2.45, 2.75) is 70.3 Å². The van der Waals surface area contributed by atoms with Crippen molar-refractivity contribution in [3.05, 3.63) is 35.9 Å². The fourth-order valence-electron chi connectivity index (χ4n) is 4.65. The van der Waals surface area contributed by atoms with Crippen LogP contribution in [0.2, 0.25) is 0 Å². The van der Waals surface area contributed by atoms with Gasteiger partial charge in [0.25, 0.3) is 0 Å². The van der Waals surface area contributed by atoms with E-state index < -0.39 is 17.1 Å². The molecular weight excluding hydrogens is 380 g/mol. The molecule has 1 aromatic carbocycles. The second kappa shape index (κ2) is 9.38. The molecule has 0 unspecified atom stereocenters. The minimum atomic E-state index is -0.661. The molecule has 166 valence electrons. The van der Waals surface area contributed by atoms with E-state index in [1.165, 1.54) is 18.4 Å². The highest BCUT2D eigenvalue weighted by Gasteiger charge is 2.43. The number of rotatable bonds is 6. The summed E-state index contributed by atoms with van der Waals surface area (Å²) in [6.45, 7) is 7.41. The molecule has 1 heterocycles. The first-order valence-electron chi connectivity index (χ1n) is 11.1. The minimum Gasteiger partial charge on any atom is -0.444 e. The summed E-state index contributed by atoms with van der Waals surface area (Å²) in [5.41, 5.74) is 0.0726. The molecule has 0 aromatic heterocycles. The van der Waals surface area contributed by atoms with Crippen LogP contribution in [0, 0.1) is 5.41 Å². The molecule has 2 fully saturated rings. The molecule has 0 radical (unpaired) electrons. The van der Waals surface area contributed by atoms with Crippen LogP contribution in [0.4, 0.5) is 4.79 Å². The van der Waals surface area contributed by atoms with Crippen LogP contribution in [0.25, 0.3) is 0 Å². The largest absolute Gasteiger partial charge is 0.444 e. The Balaban J connectivity index is 1.67. The topological polar surface area (TPSA) is 76.7 Å². The number of alkyl carbamates (subject to hydrolysis) is 1. The maximum absolute atomic E-state index is 13.4. The number of carbonyl (C=O) groups excluding carboxylic acids is 2. The summed E-state index contributed by atoms with van der Waals surface area (Å²) in [4.78, 5) is 25.6. The van der Waals surface area contributed by atoms with Crippen LogP contribution >= 0.6 is 0 Å². The smallest absolute Gasteiger partial charge is 0.407 e. The van der Waals surface area contributed by atoms with Gasteiger partial charge in [-0.3, -0.25) is 4.79 Å². The molecule has 30 heavy (non-hydrogen) atoms. The number of hydrogen-bond donors (Lipinski definition) is 2. The molecule has 0 spiro atoms. The fourth-order valence-corrected chi connectivity index (χ4v) is 4.65. The summed E-state index contributed by atoms with van der Waals surface area (Å²) < 4.78 is 10.9. The third kappa shape index (κ3) is 5.54. The second-order valence-electron chi connectivity index (χ2n) is 9.78. The van der Waals surface area contributed by atoms with Crippen molar-refractivity contribution in [1.29, 1.82) is 0 Å². The average molecular weight is 417 g/mol. The SMILES string of the molecule is CC(C)(C)OC(=O)NCC1(C(=O)NCC2(c3ccccc3)CCCC2)CCOCC1. The molecule has 1 aliphatic heterocycles. The van der Waals surface area contributed by atoms with Gasteiger partial charge in [-0.15, -0.1) is 0 Å². The van der Waals surface area contributed by atoms with E-state index in [4.69, 9.17) is 9.47 Å². The van der Waals surface area contributed by atoms with Crippen LogP contribution in [0.5, 0.6) is 0 Å². The second-order valence-corrected chi connectivity index (χ2v) is 9.78. The predicted octanol–water partition coefficient (Wildman–Crippen LogP) is 3.94. The molecule has 3 rings (SSSR count). The minimum absolute atomic E-state index is 0.00186. The number of benzene rings is 1. The summed E-state index contributed by atoms with van der Waals surface area (Å²) in [5, 5.41) is 6.08. The Kier molecular flexibility index (Phi) is 7.06. The van der Waals surface area contributed by atoms with E-state index in [1.54, 1.807) is 0 Å². The molecule has 0 atom stereocenters. The van der Waals surface area contributed by atoms with E-state index in [-0.39, 0.29) is 17.9 Å². The third-order valence-corrected chi connectivity index (χ3v) is 6.44. The Bertz CT molecular complexity index is 714. The van der Waals surface area contributed by atoms with Gasteiger partial charge >= 0.3 is 6.09 Å². The Morgan fingerprint density at radius 1 is 0.967 bits per heavy atom. The van der Waals surface area contributed by atoms with Gasteiger partial charge in [0.1, 0.15) is 5.60 Å². The molecule has 1 aliphatic carbocycles. The maximum Gasteiger partial charge on any atom is 0.407 e. The van der Waals surface area contributed by atoms with Gasteiger partial charge in [-0.1, -0.05) is 43.2 Å². The average Bonchev–Trinajstić information content (AvgIpc) is 3.21. The summed E-state index contributed by atoms with van der Waals surface area (Å²) >= 11 is 0. The number of ether oxygens (including phenoxy) is 2. The number of nitrogens with one attached hydrogen (secondary N) is 2. The monoisotopic (exact) mass is 416 g/mol. The molecular formula is C24H36N2O4. The van der Waals surface area contributed by atoms with E-state index in [0.29, 0.717) is 32.6 Å². The molecule has 6 heteroatoms. The lowest BCUT2D eigenvalue weighted by atomic mass is 9.76. The van der Waals surface area contributed by atoms with Crippen molar-refractivity contribution < 1.29 is 19.1 Å².